The highest BCUT2D eigenvalue weighted by atomic mass is 16.5. The third-order valence-corrected chi connectivity index (χ3v) is 2.70. The minimum absolute atomic E-state index is 0.203. The average Bonchev–Trinajstić information content (AvgIpc) is 2.28. The summed E-state index contributed by atoms with van der Waals surface area (Å²) in [6.07, 6.45) is 1.13. The number of rotatable bonds is 0. The van der Waals surface area contributed by atoms with E-state index in [-0.39, 0.29) is 5.91 Å². The van der Waals surface area contributed by atoms with E-state index in [4.69, 9.17) is 4.74 Å². The van der Waals surface area contributed by atoms with Crippen LogP contribution in [0.2, 0.25) is 0 Å². The summed E-state index contributed by atoms with van der Waals surface area (Å²) in [5.41, 5.74) is 0.353. The van der Waals surface area contributed by atoms with E-state index in [0.717, 1.165) is 32.7 Å². The van der Waals surface area contributed by atoms with E-state index in [0.29, 0.717) is 5.41 Å². The van der Waals surface area contributed by atoms with E-state index in [1.807, 2.05) is 4.90 Å². The Labute approximate surface area is 66.3 Å². The number of carbonyl (C=O) groups excluding carboxylic acids is 1. The summed E-state index contributed by atoms with van der Waals surface area (Å²) < 4.78 is 5.15. The van der Waals surface area contributed by atoms with Crippen LogP contribution in [0, 0.1) is 5.41 Å². The Morgan fingerprint density at radius 2 is 2.27 bits per heavy atom. The first-order valence-electron chi connectivity index (χ1n) is 4.05. The van der Waals surface area contributed by atoms with Crippen molar-refractivity contribution >= 4 is 5.91 Å². The Balaban J connectivity index is 1.98. The number of ether oxygens (including phenoxy) is 1. The van der Waals surface area contributed by atoms with Crippen LogP contribution in [-0.4, -0.2) is 37.1 Å². The smallest absolute Gasteiger partial charge is 0.219 e. The molecule has 1 amide bonds. The SMILES string of the molecule is CC(=O)N1CCC2(COC2)C1. The van der Waals surface area contributed by atoms with Crippen molar-refractivity contribution in [3.05, 3.63) is 0 Å². The maximum atomic E-state index is 11.0. The van der Waals surface area contributed by atoms with E-state index >= 15 is 0 Å². The third-order valence-electron chi connectivity index (χ3n) is 2.70. The first-order chi connectivity index (χ1) is 5.22. The van der Waals surface area contributed by atoms with Gasteiger partial charge in [-0.15, -0.1) is 0 Å². The lowest BCUT2D eigenvalue weighted by Crippen LogP contribution is -2.45. The van der Waals surface area contributed by atoms with Gasteiger partial charge >= 0.3 is 0 Å². The van der Waals surface area contributed by atoms with Crippen molar-refractivity contribution in [2.24, 2.45) is 5.41 Å². The summed E-state index contributed by atoms with van der Waals surface area (Å²) in [6.45, 7) is 5.20. The molecule has 3 heteroatoms. The standard InChI is InChI=1S/C8H13NO2/c1-7(10)9-3-2-8(4-9)5-11-6-8/h2-6H2,1H3. The molecule has 0 atom stereocenters. The lowest BCUT2D eigenvalue weighted by atomic mass is 9.85. The molecule has 0 radical (unpaired) electrons. The fourth-order valence-corrected chi connectivity index (χ4v) is 1.83. The minimum atomic E-state index is 0.203. The van der Waals surface area contributed by atoms with Crippen LogP contribution in [0.3, 0.4) is 0 Å². The number of hydrogen-bond acceptors (Lipinski definition) is 2. The number of nitrogens with zero attached hydrogens (tertiary/aromatic N) is 1. The lowest BCUT2D eigenvalue weighted by Gasteiger charge is -2.37. The Bertz CT molecular complexity index is 187. The number of likely N-dealkylation sites (tertiary alicyclic amines) is 1. The van der Waals surface area contributed by atoms with Crippen molar-refractivity contribution < 1.29 is 9.53 Å². The van der Waals surface area contributed by atoms with E-state index in [9.17, 15) is 4.79 Å². The molecule has 2 rings (SSSR count). The summed E-state index contributed by atoms with van der Waals surface area (Å²) in [7, 11) is 0. The summed E-state index contributed by atoms with van der Waals surface area (Å²) in [6, 6.07) is 0. The first kappa shape index (κ1) is 7.10. The van der Waals surface area contributed by atoms with Crippen LogP contribution in [0.4, 0.5) is 0 Å². The molecule has 0 aromatic rings. The third kappa shape index (κ3) is 1.03. The minimum Gasteiger partial charge on any atom is -0.380 e. The quantitative estimate of drug-likeness (QED) is 0.502. The van der Waals surface area contributed by atoms with Crippen LogP contribution in [0.5, 0.6) is 0 Å². The predicted octanol–water partition coefficient (Wildman–Crippen LogP) is 0.255. The van der Waals surface area contributed by atoms with Crippen LogP contribution in [0.25, 0.3) is 0 Å². The maximum Gasteiger partial charge on any atom is 0.219 e. The second kappa shape index (κ2) is 2.21. The van der Waals surface area contributed by atoms with Crippen LogP contribution in [0.15, 0.2) is 0 Å². The van der Waals surface area contributed by atoms with Gasteiger partial charge in [-0.05, 0) is 6.42 Å². The molecule has 2 aliphatic heterocycles. The Morgan fingerprint density at radius 1 is 1.55 bits per heavy atom. The molecule has 0 bridgehead atoms. The van der Waals surface area contributed by atoms with Gasteiger partial charge in [-0.3, -0.25) is 4.79 Å². The van der Waals surface area contributed by atoms with Gasteiger partial charge < -0.3 is 9.64 Å². The zero-order valence-electron chi connectivity index (χ0n) is 6.80. The van der Waals surface area contributed by atoms with Gasteiger partial charge in [0.1, 0.15) is 0 Å². The Hall–Kier alpha value is -0.570. The molecule has 0 N–H and O–H groups in total. The molecule has 2 heterocycles. The second-order valence-corrected chi connectivity index (χ2v) is 3.68. The van der Waals surface area contributed by atoms with Crippen molar-refractivity contribution in [3.8, 4) is 0 Å². The molecule has 2 fully saturated rings. The van der Waals surface area contributed by atoms with Gasteiger partial charge in [0, 0.05) is 25.4 Å². The maximum absolute atomic E-state index is 11.0. The molecule has 11 heavy (non-hydrogen) atoms. The van der Waals surface area contributed by atoms with Gasteiger partial charge in [-0.25, -0.2) is 0 Å². The highest BCUT2D eigenvalue weighted by Crippen LogP contribution is 2.37. The predicted molar refractivity (Wildman–Crippen MR) is 40.1 cm³/mol. The summed E-state index contributed by atoms with van der Waals surface area (Å²) in [5, 5.41) is 0. The van der Waals surface area contributed by atoms with Gasteiger partial charge in [-0.2, -0.15) is 0 Å². The van der Waals surface area contributed by atoms with Crippen LogP contribution < -0.4 is 0 Å². The van der Waals surface area contributed by atoms with Gasteiger partial charge in [-0.1, -0.05) is 0 Å². The molecule has 0 aliphatic carbocycles. The highest BCUT2D eigenvalue weighted by molar-refractivity contribution is 5.73. The highest BCUT2D eigenvalue weighted by Gasteiger charge is 2.44. The molecule has 0 aromatic heterocycles. The molecule has 62 valence electrons. The van der Waals surface area contributed by atoms with E-state index in [1.54, 1.807) is 6.92 Å². The second-order valence-electron chi connectivity index (χ2n) is 3.68. The first-order valence-corrected chi connectivity index (χ1v) is 4.05. The zero-order chi connectivity index (χ0) is 7.90. The summed E-state index contributed by atoms with van der Waals surface area (Å²) >= 11 is 0. The monoisotopic (exact) mass is 155 g/mol. The number of amides is 1. The van der Waals surface area contributed by atoms with Crippen molar-refractivity contribution in [1.82, 2.24) is 4.90 Å². The fourth-order valence-electron chi connectivity index (χ4n) is 1.83. The van der Waals surface area contributed by atoms with Gasteiger partial charge in [0.2, 0.25) is 5.91 Å². The molecule has 0 saturated carbocycles. The van der Waals surface area contributed by atoms with E-state index in [1.165, 1.54) is 0 Å². The van der Waals surface area contributed by atoms with Crippen molar-refractivity contribution in [3.63, 3.8) is 0 Å². The molecule has 3 nitrogen and oxygen atoms in total. The molecule has 0 unspecified atom stereocenters. The van der Waals surface area contributed by atoms with Gasteiger partial charge in [0.25, 0.3) is 0 Å². The van der Waals surface area contributed by atoms with Crippen molar-refractivity contribution in [2.75, 3.05) is 26.3 Å². The molecular formula is C8H13NO2. The fraction of sp³-hybridized carbons (Fsp3) is 0.875. The van der Waals surface area contributed by atoms with Gasteiger partial charge in [0.15, 0.2) is 0 Å². The number of carbonyl (C=O) groups is 1. The van der Waals surface area contributed by atoms with Crippen LogP contribution in [0.1, 0.15) is 13.3 Å². The van der Waals surface area contributed by atoms with Crippen LogP contribution >= 0.6 is 0 Å². The molecule has 1 spiro atoms. The van der Waals surface area contributed by atoms with Crippen molar-refractivity contribution in [2.45, 2.75) is 13.3 Å². The molecule has 0 aromatic carbocycles. The largest absolute Gasteiger partial charge is 0.380 e. The molecule has 2 aliphatic rings. The zero-order valence-corrected chi connectivity index (χ0v) is 6.80. The van der Waals surface area contributed by atoms with Gasteiger partial charge in [0.05, 0.1) is 13.2 Å². The Morgan fingerprint density at radius 3 is 2.55 bits per heavy atom. The topological polar surface area (TPSA) is 29.5 Å². The number of hydrogen-bond donors (Lipinski definition) is 0. The summed E-state index contributed by atoms with van der Waals surface area (Å²) in [4.78, 5) is 12.9. The Kier molecular flexibility index (Phi) is 1.42. The molecule has 2 saturated heterocycles. The van der Waals surface area contributed by atoms with E-state index in [2.05, 4.69) is 0 Å². The lowest BCUT2D eigenvalue weighted by molar-refractivity contribution is -0.132. The van der Waals surface area contributed by atoms with Crippen LogP contribution in [-0.2, 0) is 9.53 Å². The summed E-state index contributed by atoms with van der Waals surface area (Å²) in [5.74, 6) is 0.203. The molecular weight excluding hydrogens is 142 g/mol. The van der Waals surface area contributed by atoms with E-state index < -0.39 is 0 Å². The normalized spacial score (nSPS) is 27.2. The van der Waals surface area contributed by atoms with Crippen molar-refractivity contribution in [1.29, 1.82) is 0 Å². The average molecular weight is 155 g/mol.